The molecule has 31 heavy (non-hydrogen) atoms. The number of carboxylic acid groups (broad SMARTS) is 1. The number of halogens is 1. The van der Waals surface area contributed by atoms with Gasteiger partial charge in [-0.05, 0) is 52.9 Å². The van der Waals surface area contributed by atoms with Crippen LogP contribution in [-0.4, -0.2) is 37.5 Å². The zero-order valence-corrected chi connectivity index (χ0v) is 17.9. The lowest BCUT2D eigenvalue weighted by atomic mass is 10.00. The smallest absolute Gasteiger partial charge is 0.341 e. The van der Waals surface area contributed by atoms with Gasteiger partial charge in [0.15, 0.2) is 6.61 Å². The maximum absolute atomic E-state index is 14.0. The minimum atomic E-state index is -3.68. The molecule has 1 N–H and O–H groups in total. The van der Waals surface area contributed by atoms with Crippen molar-refractivity contribution in [3.63, 3.8) is 0 Å². The molecule has 0 unspecified atom stereocenters. The number of nitrogens with zero attached hydrogens (tertiary/aromatic N) is 2. The molecule has 0 aliphatic carbocycles. The average molecular weight is 461 g/mol. The summed E-state index contributed by atoms with van der Waals surface area (Å²) in [6.45, 7) is -0.591. The summed E-state index contributed by atoms with van der Waals surface area (Å²) >= 11 is 1.11. The number of thiophene rings is 1. The first-order valence-electron chi connectivity index (χ1n) is 8.89. The fourth-order valence-corrected chi connectivity index (χ4v) is 5.24. The lowest BCUT2D eigenvalue weighted by Gasteiger charge is -2.18. The number of nitriles is 1. The lowest BCUT2D eigenvalue weighted by Crippen LogP contribution is -2.25. The first-order chi connectivity index (χ1) is 14.7. The summed E-state index contributed by atoms with van der Waals surface area (Å²) in [5, 5.41) is 19.7. The summed E-state index contributed by atoms with van der Waals surface area (Å²) in [5.41, 5.74) is 1.31. The Morgan fingerprint density at radius 2 is 2.03 bits per heavy atom. The van der Waals surface area contributed by atoms with Gasteiger partial charge in [-0.3, -0.25) is 0 Å². The predicted octanol–water partition coefficient (Wildman–Crippen LogP) is 3.71. The Hall–Kier alpha value is -3.26. The number of rotatable bonds is 8. The minimum absolute atomic E-state index is 0.0207. The maximum Gasteiger partial charge on any atom is 0.341 e. The van der Waals surface area contributed by atoms with Gasteiger partial charge in [-0.25, -0.2) is 17.6 Å². The standard InChI is InChI=1S/C21H17FN2O5S2/c1-24(31(27,28)21-3-2-6-30-21)12-14-4-5-19(29-13-20(25)26)18(9-14)16-7-15(11-23)8-17(22)10-16/h2-10H,12-13H2,1H3,(H,25,26). The third-order valence-electron chi connectivity index (χ3n) is 4.30. The van der Waals surface area contributed by atoms with Gasteiger partial charge >= 0.3 is 5.97 Å². The van der Waals surface area contributed by atoms with Crippen LogP contribution in [0.2, 0.25) is 0 Å². The van der Waals surface area contributed by atoms with Crippen LogP contribution in [0.5, 0.6) is 5.75 Å². The lowest BCUT2D eigenvalue weighted by molar-refractivity contribution is -0.139. The number of hydrogen-bond acceptors (Lipinski definition) is 6. The van der Waals surface area contributed by atoms with E-state index in [1.165, 1.54) is 35.6 Å². The molecular weight excluding hydrogens is 443 g/mol. The first kappa shape index (κ1) is 22.4. The van der Waals surface area contributed by atoms with Crippen molar-refractivity contribution in [1.29, 1.82) is 5.26 Å². The summed E-state index contributed by atoms with van der Waals surface area (Å²) in [7, 11) is -2.24. The Labute approximate surface area is 182 Å². The van der Waals surface area contributed by atoms with Crippen LogP contribution in [0.4, 0.5) is 4.39 Å². The van der Waals surface area contributed by atoms with Gasteiger partial charge < -0.3 is 9.84 Å². The van der Waals surface area contributed by atoms with Crippen molar-refractivity contribution in [3.05, 3.63) is 70.9 Å². The third-order valence-corrected chi connectivity index (χ3v) is 7.47. The molecule has 0 aliphatic rings. The van der Waals surface area contributed by atoms with Crippen LogP contribution < -0.4 is 4.74 Å². The van der Waals surface area contributed by atoms with Crippen LogP contribution >= 0.6 is 11.3 Å². The van der Waals surface area contributed by atoms with Gasteiger partial charge in [0.1, 0.15) is 15.8 Å². The van der Waals surface area contributed by atoms with Crippen molar-refractivity contribution in [2.75, 3.05) is 13.7 Å². The number of sulfonamides is 1. The van der Waals surface area contributed by atoms with Crippen LogP contribution in [0.25, 0.3) is 11.1 Å². The molecule has 3 rings (SSSR count). The molecule has 10 heteroatoms. The molecule has 7 nitrogen and oxygen atoms in total. The van der Waals surface area contributed by atoms with Gasteiger partial charge in [-0.1, -0.05) is 12.1 Å². The number of hydrogen-bond donors (Lipinski definition) is 1. The Kier molecular flexibility index (Phi) is 6.70. The van der Waals surface area contributed by atoms with Crippen LogP contribution in [0, 0.1) is 17.1 Å². The predicted molar refractivity (Wildman–Crippen MR) is 113 cm³/mol. The highest BCUT2D eigenvalue weighted by atomic mass is 32.2. The molecule has 0 saturated carbocycles. The molecule has 0 fully saturated rings. The van der Waals surface area contributed by atoms with Gasteiger partial charge in [0.05, 0.1) is 11.6 Å². The number of benzene rings is 2. The molecule has 0 radical (unpaired) electrons. The molecule has 3 aromatic rings. The minimum Gasteiger partial charge on any atom is -0.481 e. The summed E-state index contributed by atoms with van der Waals surface area (Å²) in [6.07, 6.45) is 0. The van der Waals surface area contributed by atoms with Crippen LogP contribution in [0.15, 0.2) is 58.1 Å². The monoisotopic (exact) mass is 460 g/mol. The highest BCUT2D eigenvalue weighted by Crippen LogP contribution is 2.33. The highest BCUT2D eigenvalue weighted by Gasteiger charge is 2.22. The van der Waals surface area contributed by atoms with E-state index >= 15 is 0 Å². The quantitative estimate of drug-likeness (QED) is 0.549. The number of carboxylic acids is 1. The van der Waals surface area contributed by atoms with E-state index in [0.717, 1.165) is 17.4 Å². The van der Waals surface area contributed by atoms with E-state index in [1.807, 2.05) is 6.07 Å². The molecule has 1 aromatic heterocycles. The summed E-state index contributed by atoms with van der Waals surface area (Å²) in [4.78, 5) is 10.9. The zero-order valence-electron chi connectivity index (χ0n) is 16.3. The molecule has 0 aliphatic heterocycles. The van der Waals surface area contributed by atoms with E-state index in [9.17, 15) is 17.6 Å². The molecule has 1 heterocycles. The molecule has 0 atom stereocenters. The van der Waals surface area contributed by atoms with Crippen molar-refractivity contribution in [2.45, 2.75) is 10.8 Å². The molecule has 0 saturated heterocycles. The van der Waals surface area contributed by atoms with Crippen molar-refractivity contribution < 1.29 is 27.4 Å². The number of aliphatic carboxylic acids is 1. The normalized spacial score (nSPS) is 11.3. The van der Waals surface area contributed by atoms with Gasteiger partial charge in [-0.15, -0.1) is 11.3 Å². The zero-order chi connectivity index (χ0) is 22.6. The topological polar surface area (TPSA) is 108 Å². The number of carbonyl (C=O) groups is 1. The molecule has 160 valence electrons. The SMILES string of the molecule is CN(Cc1ccc(OCC(=O)O)c(-c2cc(F)cc(C#N)c2)c1)S(=O)(=O)c1cccs1. The number of ether oxygens (including phenoxy) is 1. The van der Waals surface area contributed by atoms with E-state index < -0.39 is 28.4 Å². The van der Waals surface area contributed by atoms with Crippen molar-refractivity contribution in [3.8, 4) is 22.9 Å². The second-order valence-electron chi connectivity index (χ2n) is 6.55. The first-order valence-corrected chi connectivity index (χ1v) is 11.2. The average Bonchev–Trinajstić information content (AvgIpc) is 3.28. The van der Waals surface area contributed by atoms with Crippen molar-refractivity contribution in [2.24, 2.45) is 0 Å². The second kappa shape index (κ2) is 9.26. The Morgan fingerprint density at radius 1 is 1.26 bits per heavy atom. The van der Waals surface area contributed by atoms with Gasteiger partial charge in [0.25, 0.3) is 10.0 Å². The molecule has 0 spiro atoms. The van der Waals surface area contributed by atoms with Crippen LogP contribution in [0.1, 0.15) is 11.1 Å². The van der Waals surface area contributed by atoms with Crippen LogP contribution in [-0.2, 0) is 21.4 Å². The van der Waals surface area contributed by atoms with Crippen molar-refractivity contribution in [1.82, 2.24) is 4.31 Å². The van der Waals surface area contributed by atoms with Gasteiger partial charge in [0, 0.05) is 19.2 Å². The van der Waals surface area contributed by atoms with E-state index in [2.05, 4.69) is 0 Å². The summed E-state index contributed by atoms with van der Waals surface area (Å²) in [6, 6.07) is 13.4. The molecular formula is C21H17FN2O5S2. The fourth-order valence-electron chi connectivity index (χ4n) is 2.88. The maximum atomic E-state index is 14.0. The Morgan fingerprint density at radius 3 is 2.68 bits per heavy atom. The van der Waals surface area contributed by atoms with E-state index in [4.69, 9.17) is 15.1 Å². The summed E-state index contributed by atoms with van der Waals surface area (Å²) < 4.78 is 46.1. The van der Waals surface area contributed by atoms with E-state index in [-0.39, 0.29) is 22.1 Å². The molecule has 0 bridgehead atoms. The van der Waals surface area contributed by atoms with Crippen LogP contribution in [0.3, 0.4) is 0 Å². The van der Waals surface area contributed by atoms with Crippen molar-refractivity contribution >= 4 is 27.3 Å². The Bertz CT molecular complexity index is 1250. The van der Waals surface area contributed by atoms with Gasteiger partial charge in [-0.2, -0.15) is 9.57 Å². The van der Waals surface area contributed by atoms with E-state index in [0.29, 0.717) is 16.7 Å². The van der Waals surface area contributed by atoms with Gasteiger partial charge in [0.2, 0.25) is 0 Å². The molecule has 0 amide bonds. The second-order valence-corrected chi connectivity index (χ2v) is 9.77. The highest BCUT2D eigenvalue weighted by molar-refractivity contribution is 7.91. The summed E-state index contributed by atoms with van der Waals surface area (Å²) in [5.74, 6) is -1.65. The largest absolute Gasteiger partial charge is 0.481 e. The third kappa shape index (κ3) is 5.27. The Balaban J connectivity index is 2.00. The molecule has 2 aromatic carbocycles. The fraction of sp³-hybridized carbons (Fsp3) is 0.143. The van der Waals surface area contributed by atoms with E-state index in [1.54, 1.807) is 23.6 Å².